The number of nitrogens with two attached hydrogens (primary N) is 1. The molecule has 0 heterocycles. The molecule has 2 amide bonds. The molecule has 0 fully saturated rings. The van der Waals surface area contributed by atoms with Crippen molar-refractivity contribution in [1.82, 2.24) is 10.8 Å². The first-order chi connectivity index (χ1) is 10.1. The number of hydrogen-bond acceptors (Lipinski definition) is 4. The summed E-state index contributed by atoms with van der Waals surface area (Å²) in [4.78, 5) is 23.2. The molecule has 116 valence electrons. The van der Waals surface area contributed by atoms with Gasteiger partial charge in [-0.05, 0) is 30.5 Å². The van der Waals surface area contributed by atoms with Crippen LogP contribution in [0.4, 0.5) is 0 Å². The van der Waals surface area contributed by atoms with Gasteiger partial charge in [-0.2, -0.15) is 0 Å². The molecule has 6 heteroatoms. The van der Waals surface area contributed by atoms with Gasteiger partial charge in [0.2, 0.25) is 0 Å². The number of hydrogen-bond donors (Lipinski definition) is 4. The molecule has 0 bridgehead atoms. The molecule has 1 atom stereocenters. The van der Waals surface area contributed by atoms with Crippen molar-refractivity contribution >= 4 is 11.8 Å². The largest absolute Gasteiger partial charge is 0.339 e. The summed E-state index contributed by atoms with van der Waals surface area (Å²) in [5, 5.41) is 11.0. The summed E-state index contributed by atoms with van der Waals surface area (Å²) >= 11 is 0. The molecule has 0 saturated heterocycles. The molecular weight excluding hydrogens is 270 g/mol. The maximum Gasteiger partial charge on any atom is 0.267 e. The van der Waals surface area contributed by atoms with Crippen molar-refractivity contribution in [1.29, 1.82) is 0 Å². The predicted molar refractivity (Wildman–Crippen MR) is 79.9 cm³/mol. The number of amides is 2. The Kier molecular flexibility index (Phi) is 7.42. The lowest BCUT2D eigenvalue weighted by atomic mass is 10.0. The van der Waals surface area contributed by atoms with Crippen LogP contribution in [0.25, 0.3) is 0 Å². The lowest BCUT2D eigenvalue weighted by Crippen LogP contribution is -2.50. The van der Waals surface area contributed by atoms with Crippen LogP contribution in [0.3, 0.4) is 0 Å². The van der Waals surface area contributed by atoms with Crippen LogP contribution in [0.2, 0.25) is 0 Å². The van der Waals surface area contributed by atoms with Crippen LogP contribution in [0.1, 0.15) is 42.1 Å². The Hall–Kier alpha value is -1.92. The Morgan fingerprint density at radius 1 is 1.24 bits per heavy atom. The van der Waals surface area contributed by atoms with E-state index >= 15 is 0 Å². The predicted octanol–water partition coefficient (Wildman–Crippen LogP) is 0.982. The number of aryl methyl sites for hydroxylation is 1. The Morgan fingerprint density at radius 3 is 2.43 bits per heavy atom. The van der Waals surface area contributed by atoms with E-state index in [4.69, 9.17) is 10.9 Å². The molecule has 0 aromatic heterocycles. The van der Waals surface area contributed by atoms with Crippen molar-refractivity contribution in [2.24, 2.45) is 5.73 Å². The fourth-order valence-electron chi connectivity index (χ4n) is 1.95. The third-order valence-corrected chi connectivity index (χ3v) is 3.25. The van der Waals surface area contributed by atoms with Crippen molar-refractivity contribution in [3.63, 3.8) is 0 Å². The highest BCUT2D eigenvalue weighted by molar-refractivity contribution is 5.97. The summed E-state index contributed by atoms with van der Waals surface area (Å²) in [7, 11) is 0. The van der Waals surface area contributed by atoms with E-state index in [2.05, 4.69) is 12.2 Å². The molecule has 0 radical (unpaired) electrons. The van der Waals surface area contributed by atoms with E-state index in [1.165, 1.54) is 23.9 Å². The first-order valence-corrected chi connectivity index (χ1v) is 7.16. The van der Waals surface area contributed by atoms with Gasteiger partial charge < -0.3 is 11.1 Å². The average Bonchev–Trinajstić information content (AvgIpc) is 2.52. The Morgan fingerprint density at radius 2 is 1.90 bits per heavy atom. The second-order valence-electron chi connectivity index (χ2n) is 4.89. The minimum absolute atomic E-state index is 0.0900. The zero-order valence-electron chi connectivity index (χ0n) is 12.3. The molecule has 1 aromatic rings. The first kappa shape index (κ1) is 17.1. The van der Waals surface area contributed by atoms with Gasteiger partial charge >= 0.3 is 0 Å². The van der Waals surface area contributed by atoms with Gasteiger partial charge in [0, 0.05) is 12.1 Å². The van der Waals surface area contributed by atoms with Gasteiger partial charge in [0.05, 0.1) is 0 Å². The molecule has 0 aliphatic heterocycles. The van der Waals surface area contributed by atoms with Crippen LogP contribution in [-0.4, -0.2) is 29.6 Å². The molecule has 0 saturated carbocycles. The summed E-state index contributed by atoms with van der Waals surface area (Å²) in [6.45, 7) is 2.07. The third-order valence-electron chi connectivity index (χ3n) is 3.25. The van der Waals surface area contributed by atoms with E-state index in [1.54, 1.807) is 12.1 Å². The molecule has 1 aromatic carbocycles. The molecule has 6 nitrogen and oxygen atoms in total. The van der Waals surface area contributed by atoms with E-state index in [0.717, 1.165) is 12.8 Å². The number of rotatable bonds is 8. The number of carbonyl (C=O) groups excluding carboxylic acids is 2. The van der Waals surface area contributed by atoms with Crippen molar-refractivity contribution in [3.05, 3.63) is 35.4 Å². The summed E-state index contributed by atoms with van der Waals surface area (Å²) in [6, 6.07) is 6.32. The zero-order chi connectivity index (χ0) is 15.7. The van der Waals surface area contributed by atoms with Gasteiger partial charge in [-0.25, -0.2) is 5.48 Å². The van der Waals surface area contributed by atoms with Crippen molar-refractivity contribution in [3.8, 4) is 0 Å². The number of hydroxylamine groups is 1. The van der Waals surface area contributed by atoms with E-state index in [1.807, 2.05) is 12.1 Å². The smallest absolute Gasteiger partial charge is 0.267 e. The van der Waals surface area contributed by atoms with Crippen molar-refractivity contribution < 1.29 is 14.8 Å². The number of benzene rings is 1. The molecule has 0 aliphatic carbocycles. The summed E-state index contributed by atoms with van der Waals surface area (Å²) in [6.07, 6.45) is 4.49. The lowest BCUT2D eigenvalue weighted by Gasteiger charge is -2.14. The molecular formula is C15H23N3O3. The molecule has 21 heavy (non-hydrogen) atoms. The van der Waals surface area contributed by atoms with Crippen LogP contribution in [0, 0.1) is 0 Å². The fourth-order valence-corrected chi connectivity index (χ4v) is 1.95. The standard InChI is InChI=1S/C15H23N3O3/c1-2-3-4-5-11-6-8-12(9-7-11)14(19)17-13(10-16)15(20)18-21/h6-9,13,21H,2-5,10,16H2,1H3,(H,17,19)(H,18,20)/t13-/m0/s1. The van der Waals surface area contributed by atoms with Gasteiger partial charge in [0.15, 0.2) is 0 Å². The number of carbonyl (C=O) groups is 2. The Bertz CT molecular complexity index is 460. The highest BCUT2D eigenvalue weighted by Gasteiger charge is 2.19. The highest BCUT2D eigenvalue weighted by atomic mass is 16.5. The molecule has 0 aliphatic rings. The summed E-state index contributed by atoms with van der Waals surface area (Å²) < 4.78 is 0. The molecule has 0 unspecified atom stereocenters. The van der Waals surface area contributed by atoms with Gasteiger partial charge in [-0.15, -0.1) is 0 Å². The van der Waals surface area contributed by atoms with Crippen LogP contribution >= 0.6 is 0 Å². The minimum Gasteiger partial charge on any atom is -0.339 e. The monoisotopic (exact) mass is 293 g/mol. The van der Waals surface area contributed by atoms with E-state index in [9.17, 15) is 9.59 Å². The van der Waals surface area contributed by atoms with E-state index in [0.29, 0.717) is 5.56 Å². The fraction of sp³-hybridized carbons (Fsp3) is 0.467. The average molecular weight is 293 g/mol. The lowest BCUT2D eigenvalue weighted by molar-refractivity contribution is -0.130. The normalized spacial score (nSPS) is 11.8. The van der Waals surface area contributed by atoms with Gasteiger partial charge in [0.25, 0.3) is 11.8 Å². The van der Waals surface area contributed by atoms with Crippen molar-refractivity contribution in [2.45, 2.75) is 38.6 Å². The number of unbranched alkanes of at least 4 members (excludes halogenated alkanes) is 2. The second kappa shape index (κ2) is 9.10. The summed E-state index contributed by atoms with van der Waals surface area (Å²) in [5.41, 5.74) is 8.50. The SMILES string of the molecule is CCCCCc1ccc(C(=O)N[C@@H](CN)C(=O)NO)cc1. The molecule has 0 spiro atoms. The van der Waals surface area contributed by atoms with Crippen LogP contribution in [0.5, 0.6) is 0 Å². The van der Waals surface area contributed by atoms with Crippen LogP contribution in [-0.2, 0) is 11.2 Å². The Balaban J connectivity index is 2.60. The molecule has 1 rings (SSSR count). The topological polar surface area (TPSA) is 104 Å². The zero-order valence-corrected chi connectivity index (χ0v) is 12.3. The minimum atomic E-state index is -0.952. The maximum absolute atomic E-state index is 12.0. The maximum atomic E-state index is 12.0. The second-order valence-corrected chi connectivity index (χ2v) is 4.89. The van der Waals surface area contributed by atoms with Crippen LogP contribution < -0.4 is 16.5 Å². The van der Waals surface area contributed by atoms with E-state index < -0.39 is 17.9 Å². The van der Waals surface area contributed by atoms with Gasteiger partial charge in [-0.3, -0.25) is 14.8 Å². The third kappa shape index (κ3) is 5.53. The summed E-state index contributed by atoms with van der Waals surface area (Å²) in [5.74, 6) is -1.13. The number of nitrogens with one attached hydrogen (secondary N) is 2. The van der Waals surface area contributed by atoms with Gasteiger partial charge in [0.1, 0.15) is 6.04 Å². The first-order valence-electron chi connectivity index (χ1n) is 7.16. The highest BCUT2D eigenvalue weighted by Crippen LogP contribution is 2.09. The van der Waals surface area contributed by atoms with Crippen LogP contribution in [0.15, 0.2) is 24.3 Å². The van der Waals surface area contributed by atoms with Crippen molar-refractivity contribution in [2.75, 3.05) is 6.54 Å². The Labute approximate surface area is 124 Å². The van der Waals surface area contributed by atoms with E-state index in [-0.39, 0.29) is 6.54 Å². The molecule has 5 N–H and O–H groups in total. The quantitative estimate of drug-likeness (QED) is 0.326. The van der Waals surface area contributed by atoms with Gasteiger partial charge in [-0.1, -0.05) is 31.9 Å².